The number of aromatic carboxylic acids is 1. The topological polar surface area (TPSA) is 127 Å². The quantitative estimate of drug-likeness (QED) is 0.268. The van der Waals surface area contributed by atoms with Gasteiger partial charge in [0.15, 0.2) is 0 Å². The predicted octanol–water partition coefficient (Wildman–Crippen LogP) is 3.84. The third-order valence-electron chi connectivity index (χ3n) is 7.94. The highest BCUT2D eigenvalue weighted by molar-refractivity contribution is 5.84. The van der Waals surface area contributed by atoms with Crippen molar-refractivity contribution in [2.45, 2.75) is 38.8 Å². The van der Waals surface area contributed by atoms with Gasteiger partial charge in [-0.25, -0.2) is 14.0 Å². The van der Waals surface area contributed by atoms with Crippen molar-refractivity contribution >= 4 is 11.7 Å². The predicted molar refractivity (Wildman–Crippen MR) is 157 cm³/mol. The van der Waals surface area contributed by atoms with Crippen LogP contribution in [0.3, 0.4) is 0 Å². The Kier molecular flexibility index (Phi) is 8.98. The Morgan fingerprint density at radius 1 is 0.956 bits per heavy atom. The van der Waals surface area contributed by atoms with Gasteiger partial charge in [-0.15, -0.1) is 0 Å². The molecule has 1 saturated heterocycles. The van der Waals surface area contributed by atoms with Gasteiger partial charge in [0.25, 0.3) is 5.56 Å². The van der Waals surface area contributed by atoms with Crippen LogP contribution in [0.1, 0.15) is 44.7 Å². The van der Waals surface area contributed by atoms with Crippen LogP contribution in [0.4, 0.5) is 23.2 Å². The monoisotopic (exact) mass is 629 g/mol. The van der Waals surface area contributed by atoms with Gasteiger partial charge < -0.3 is 20.2 Å². The molecule has 4 aromatic rings. The van der Waals surface area contributed by atoms with Crippen molar-refractivity contribution in [3.8, 4) is 0 Å². The molecule has 14 heteroatoms. The van der Waals surface area contributed by atoms with Crippen LogP contribution in [0.5, 0.6) is 0 Å². The zero-order chi connectivity index (χ0) is 32.5. The van der Waals surface area contributed by atoms with Crippen LogP contribution in [0.15, 0.2) is 74.7 Å². The molecule has 1 atom stereocenters. The number of nitrogens with zero attached hydrogens (tertiary/aromatic N) is 4. The number of piperazine rings is 1. The summed E-state index contributed by atoms with van der Waals surface area (Å²) in [5, 5.41) is 9.11. The van der Waals surface area contributed by atoms with Gasteiger partial charge in [-0.05, 0) is 36.8 Å². The zero-order valence-electron chi connectivity index (χ0n) is 24.3. The fourth-order valence-electron chi connectivity index (χ4n) is 5.57. The van der Waals surface area contributed by atoms with Crippen LogP contribution in [-0.2, 0) is 25.8 Å². The van der Waals surface area contributed by atoms with Gasteiger partial charge >= 0.3 is 17.8 Å². The molecule has 45 heavy (non-hydrogen) atoms. The van der Waals surface area contributed by atoms with Crippen LogP contribution in [0.25, 0.3) is 0 Å². The maximum Gasteiger partial charge on any atom is 0.416 e. The van der Waals surface area contributed by atoms with Crippen LogP contribution < -0.4 is 21.9 Å². The number of carbonyl (C=O) groups is 1. The third-order valence-corrected chi connectivity index (χ3v) is 7.94. The first kappa shape index (κ1) is 31.7. The SMILES string of the molecule is Cc1c(N2CCN(Cc3ccc(C(=O)O)o3)CC2)c(=O)n(C[C@@H](N)c2ccccc2)c(=O)n1Cc1c(F)cccc1C(F)(F)F. The number of furan rings is 1. The van der Waals surface area contributed by atoms with Crippen molar-refractivity contribution < 1.29 is 31.9 Å². The molecule has 0 aliphatic carbocycles. The minimum atomic E-state index is -4.88. The first-order valence-electron chi connectivity index (χ1n) is 14.1. The van der Waals surface area contributed by atoms with Crippen LogP contribution >= 0.6 is 0 Å². The molecule has 0 unspecified atom stereocenters. The van der Waals surface area contributed by atoms with E-state index >= 15 is 0 Å². The number of aromatic nitrogens is 2. The molecule has 238 valence electrons. The number of halogens is 4. The minimum absolute atomic E-state index is 0.0940. The largest absolute Gasteiger partial charge is 0.475 e. The molecule has 3 N–H and O–H groups in total. The lowest BCUT2D eigenvalue weighted by atomic mass is 10.1. The number of anilines is 1. The molecule has 1 aliphatic heterocycles. The Balaban J connectivity index is 1.52. The van der Waals surface area contributed by atoms with Crippen LogP contribution in [0, 0.1) is 12.7 Å². The summed E-state index contributed by atoms with van der Waals surface area (Å²) in [5.41, 5.74) is 3.71. The lowest BCUT2D eigenvalue weighted by Gasteiger charge is -2.36. The first-order valence-corrected chi connectivity index (χ1v) is 14.1. The number of nitrogens with two attached hydrogens (primary N) is 1. The summed E-state index contributed by atoms with van der Waals surface area (Å²) in [4.78, 5) is 42.6. The van der Waals surface area contributed by atoms with E-state index in [-0.39, 0.29) is 23.7 Å². The van der Waals surface area contributed by atoms with Gasteiger partial charge in [0.05, 0.1) is 25.2 Å². The Morgan fingerprint density at radius 3 is 2.27 bits per heavy atom. The fraction of sp³-hybridized carbons (Fsp3) is 0.323. The van der Waals surface area contributed by atoms with Crippen molar-refractivity contribution in [2.75, 3.05) is 31.1 Å². The van der Waals surface area contributed by atoms with Gasteiger partial charge in [-0.3, -0.25) is 18.8 Å². The number of rotatable bonds is 9. The molecule has 0 amide bonds. The third kappa shape index (κ3) is 6.71. The summed E-state index contributed by atoms with van der Waals surface area (Å²) < 4.78 is 63.7. The maximum absolute atomic E-state index is 14.9. The molecule has 0 saturated carbocycles. The highest BCUT2D eigenvalue weighted by Crippen LogP contribution is 2.33. The second-order valence-corrected chi connectivity index (χ2v) is 10.8. The van der Waals surface area contributed by atoms with E-state index in [1.165, 1.54) is 13.0 Å². The van der Waals surface area contributed by atoms with E-state index < -0.39 is 52.9 Å². The van der Waals surface area contributed by atoms with Crippen molar-refractivity contribution in [3.63, 3.8) is 0 Å². The van der Waals surface area contributed by atoms with E-state index in [2.05, 4.69) is 0 Å². The normalized spacial score (nSPS) is 14.9. The number of carboxylic acid groups (broad SMARTS) is 1. The van der Waals surface area contributed by atoms with Gasteiger partial charge in [0.2, 0.25) is 5.76 Å². The summed E-state index contributed by atoms with van der Waals surface area (Å²) in [7, 11) is 0. The first-order chi connectivity index (χ1) is 21.3. The highest BCUT2D eigenvalue weighted by atomic mass is 19.4. The molecule has 1 aliphatic rings. The smallest absolute Gasteiger partial charge is 0.416 e. The molecule has 3 heterocycles. The average Bonchev–Trinajstić information content (AvgIpc) is 3.48. The average molecular weight is 630 g/mol. The number of benzene rings is 2. The summed E-state index contributed by atoms with van der Waals surface area (Å²) in [5.74, 6) is -2.04. The summed E-state index contributed by atoms with van der Waals surface area (Å²) in [6.45, 7) is 2.22. The fourth-order valence-corrected chi connectivity index (χ4v) is 5.57. The Hall–Kier alpha value is -4.69. The number of hydrogen-bond acceptors (Lipinski definition) is 7. The van der Waals surface area contributed by atoms with Gasteiger partial charge in [0, 0.05) is 43.5 Å². The van der Waals surface area contributed by atoms with Gasteiger partial charge in [-0.1, -0.05) is 36.4 Å². The Bertz CT molecular complexity index is 1810. The van der Waals surface area contributed by atoms with E-state index in [0.29, 0.717) is 44.0 Å². The summed E-state index contributed by atoms with van der Waals surface area (Å²) in [6, 6.07) is 13.5. The van der Waals surface area contributed by atoms with E-state index in [9.17, 15) is 31.9 Å². The lowest BCUT2D eigenvalue weighted by molar-refractivity contribution is -0.138. The molecule has 2 aromatic carbocycles. The van der Waals surface area contributed by atoms with E-state index in [4.69, 9.17) is 15.3 Å². The lowest BCUT2D eigenvalue weighted by Crippen LogP contribution is -2.51. The molecule has 10 nitrogen and oxygen atoms in total. The maximum atomic E-state index is 14.9. The van der Waals surface area contributed by atoms with E-state index in [1.807, 2.05) is 4.90 Å². The molecule has 1 fully saturated rings. The Labute approximate surface area is 254 Å². The number of alkyl halides is 3. The second-order valence-electron chi connectivity index (χ2n) is 10.8. The molecular formula is C31H31F4N5O5. The summed E-state index contributed by atoms with van der Waals surface area (Å²) >= 11 is 0. The number of carboxylic acids is 1. The summed E-state index contributed by atoms with van der Waals surface area (Å²) in [6.07, 6.45) is -4.88. The molecular weight excluding hydrogens is 598 g/mol. The van der Waals surface area contributed by atoms with Crippen molar-refractivity contribution in [1.82, 2.24) is 14.0 Å². The minimum Gasteiger partial charge on any atom is -0.475 e. The van der Waals surface area contributed by atoms with Gasteiger partial charge in [-0.2, -0.15) is 13.2 Å². The van der Waals surface area contributed by atoms with Crippen LogP contribution in [0.2, 0.25) is 0 Å². The zero-order valence-corrected chi connectivity index (χ0v) is 24.3. The molecule has 0 radical (unpaired) electrons. The standard InChI is InChI=1S/C31H31F4N5O5/c1-19-27(38-14-12-37(13-15-38)16-21-10-11-26(45-21)29(42)43)28(41)40(18-25(36)20-6-3-2-4-7-20)30(44)39(19)17-22-23(31(33,34)35)8-5-9-24(22)32/h2-11,25H,12-18,36H2,1H3,(H,42,43)/t25-/m1/s1. The van der Waals surface area contributed by atoms with Gasteiger partial charge in [0.1, 0.15) is 17.3 Å². The van der Waals surface area contributed by atoms with Crippen molar-refractivity contribution in [2.24, 2.45) is 5.73 Å². The molecule has 0 bridgehead atoms. The second kappa shape index (κ2) is 12.7. The van der Waals surface area contributed by atoms with E-state index in [1.54, 1.807) is 41.3 Å². The highest BCUT2D eigenvalue weighted by Gasteiger charge is 2.35. The number of hydrogen-bond donors (Lipinski definition) is 2. The van der Waals surface area contributed by atoms with Crippen molar-refractivity contribution in [3.05, 3.63) is 121 Å². The van der Waals surface area contributed by atoms with E-state index in [0.717, 1.165) is 27.3 Å². The molecule has 0 spiro atoms. The Morgan fingerprint density at radius 2 is 1.64 bits per heavy atom. The molecule has 2 aromatic heterocycles. The van der Waals surface area contributed by atoms with Crippen LogP contribution in [-0.4, -0.2) is 51.3 Å². The van der Waals surface area contributed by atoms with Crippen molar-refractivity contribution in [1.29, 1.82) is 0 Å². The molecule has 5 rings (SSSR count).